The van der Waals surface area contributed by atoms with Crippen LogP contribution in [0, 0.1) is 5.92 Å². The zero-order valence-electron chi connectivity index (χ0n) is 11.7. The third-order valence-electron chi connectivity index (χ3n) is 4.99. The van der Waals surface area contributed by atoms with E-state index < -0.39 is 0 Å². The number of piperidine rings is 3. The van der Waals surface area contributed by atoms with Gasteiger partial charge in [-0.2, -0.15) is 0 Å². The van der Waals surface area contributed by atoms with E-state index in [0.717, 1.165) is 29.1 Å². The van der Waals surface area contributed by atoms with Gasteiger partial charge in [-0.05, 0) is 38.1 Å². The third-order valence-corrected chi connectivity index (χ3v) is 4.99. The van der Waals surface area contributed by atoms with Gasteiger partial charge >= 0.3 is 0 Å². The number of para-hydroxylation sites is 1. The van der Waals surface area contributed by atoms with Crippen molar-refractivity contribution < 1.29 is 9.25 Å². The average Bonchev–Trinajstić information content (AvgIpc) is 3.13. The Kier molecular flexibility index (Phi) is 2.22. The monoisotopic (exact) mass is 283 g/mol. The number of nitrogens with one attached hydrogen (secondary N) is 1. The molecule has 0 saturated carbocycles. The highest BCUT2D eigenvalue weighted by Crippen LogP contribution is 2.39. The van der Waals surface area contributed by atoms with E-state index in [1.54, 1.807) is 0 Å². The van der Waals surface area contributed by atoms with Gasteiger partial charge in [0.15, 0.2) is 5.76 Å². The first-order valence-electron chi connectivity index (χ1n) is 7.58. The summed E-state index contributed by atoms with van der Waals surface area (Å²) in [6, 6.07) is 10.0. The lowest BCUT2D eigenvalue weighted by Gasteiger charge is -2.49. The van der Waals surface area contributed by atoms with Crippen molar-refractivity contribution >= 4 is 16.8 Å². The molecule has 0 radical (unpaired) electrons. The number of hydrogen-bond acceptors (Lipinski definition) is 5. The molecule has 5 heterocycles. The van der Waals surface area contributed by atoms with Gasteiger partial charge in [-0.3, -0.25) is 4.90 Å². The summed E-state index contributed by atoms with van der Waals surface area (Å²) in [7, 11) is 0. The van der Waals surface area contributed by atoms with E-state index in [9.17, 15) is 0 Å². The van der Waals surface area contributed by atoms with Crippen LogP contribution in [0.4, 0.5) is 0 Å². The van der Waals surface area contributed by atoms with Crippen LogP contribution in [0.2, 0.25) is 0 Å². The first kappa shape index (κ1) is 11.6. The van der Waals surface area contributed by atoms with Crippen molar-refractivity contribution in [1.82, 2.24) is 10.2 Å². The van der Waals surface area contributed by atoms with Gasteiger partial charge in [0.05, 0.1) is 6.54 Å². The maximum Gasteiger partial charge on any atom is 0.224 e. The van der Waals surface area contributed by atoms with Gasteiger partial charge in [-0.1, -0.05) is 23.4 Å². The number of nitrogens with zero attached hydrogens (tertiary/aromatic N) is 2. The summed E-state index contributed by atoms with van der Waals surface area (Å²) in [5.41, 5.74) is 0.539. The molecule has 6 rings (SSSR count). The fourth-order valence-electron chi connectivity index (χ4n) is 3.84. The van der Waals surface area contributed by atoms with Crippen LogP contribution in [0.15, 0.2) is 39.9 Å². The summed E-state index contributed by atoms with van der Waals surface area (Å²) < 4.78 is 5.88. The van der Waals surface area contributed by atoms with Gasteiger partial charge in [0.25, 0.3) is 0 Å². The highest BCUT2D eigenvalue weighted by Gasteiger charge is 2.52. The van der Waals surface area contributed by atoms with Crippen molar-refractivity contribution in [3.05, 3.63) is 36.1 Å². The van der Waals surface area contributed by atoms with Gasteiger partial charge < -0.3 is 14.6 Å². The molecule has 1 aromatic carbocycles. The minimum atomic E-state index is -0.342. The molecule has 4 aliphatic rings. The summed E-state index contributed by atoms with van der Waals surface area (Å²) in [6.45, 7) is 3.26. The van der Waals surface area contributed by atoms with E-state index in [1.807, 2.05) is 30.3 Å². The predicted molar refractivity (Wildman–Crippen MR) is 78.9 cm³/mol. The van der Waals surface area contributed by atoms with Crippen molar-refractivity contribution in [2.24, 2.45) is 11.1 Å². The largest absolute Gasteiger partial charge is 0.453 e. The molecule has 108 valence electrons. The number of fused-ring (bicyclic) bond motifs is 3. The number of furan rings is 1. The maximum atomic E-state index is 5.88. The number of hydrogen-bond donors (Lipinski definition) is 1. The molecule has 0 unspecified atom stereocenters. The quantitative estimate of drug-likeness (QED) is 0.871. The van der Waals surface area contributed by atoms with Gasteiger partial charge in [0.2, 0.25) is 11.6 Å². The molecule has 2 bridgehead atoms. The van der Waals surface area contributed by atoms with E-state index >= 15 is 0 Å². The normalized spacial score (nSPS) is 34.0. The van der Waals surface area contributed by atoms with Crippen LogP contribution >= 0.6 is 0 Å². The molecule has 0 aliphatic carbocycles. The lowest BCUT2D eigenvalue weighted by molar-refractivity contribution is -0.148. The average molecular weight is 283 g/mol. The van der Waals surface area contributed by atoms with Crippen LogP contribution in [0.5, 0.6) is 0 Å². The Morgan fingerprint density at radius 3 is 2.86 bits per heavy atom. The lowest BCUT2D eigenvalue weighted by Crippen LogP contribution is -2.65. The van der Waals surface area contributed by atoms with Crippen LogP contribution < -0.4 is 5.32 Å². The minimum Gasteiger partial charge on any atom is -0.453 e. The van der Waals surface area contributed by atoms with Crippen LogP contribution in [-0.2, 0) is 4.84 Å². The lowest BCUT2D eigenvalue weighted by atomic mass is 9.81. The maximum absolute atomic E-state index is 5.88. The van der Waals surface area contributed by atoms with Gasteiger partial charge in [0, 0.05) is 11.3 Å². The Morgan fingerprint density at radius 1 is 1.24 bits per heavy atom. The first-order chi connectivity index (χ1) is 10.3. The van der Waals surface area contributed by atoms with Crippen molar-refractivity contribution in [2.45, 2.75) is 18.6 Å². The molecular formula is C16H17N3O2. The highest BCUT2D eigenvalue weighted by atomic mass is 16.7. The van der Waals surface area contributed by atoms with E-state index in [4.69, 9.17) is 9.25 Å². The topological polar surface area (TPSA) is 50.0 Å². The number of oxime groups is 1. The molecule has 0 amide bonds. The molecule has 21 heavy (non-hydrogen) atoms. The van der Waals surface area contributed by atoms with Gasteiger partial charge in [0.1, 0.15) is 5.58 Å². The van der Waals surface area contributed by atoms with E-state index in [0.29, 0.717) is 5.92 Å². The SMILES string of the molecule is c1ccc2oc(C3=NO[C@]4(CN5CCC4CC5)N3)cc2c1. The van der Waals surface area contributed by atoms with Crippen LogP contribution in [0.1, 0.15) is 18.6 Å². The molecule has 1 N–H and O–H groups in total. The molecule has 4 aliphatic heterocycles. The molecule has 5 nitrogen and oxygen atoms in total. The molecule has 2 aromatic rings. The summed E-state index contributed by atoms with van der Waals surface area (Å²) >= 11 is 0. The van der Waals surface area contributed by atoms with E-state index in [-0.39, 0.29) is 5.72 Å². The van der Waals surface area contributed by atoms with Crippen LogP contribution in [0.3, 0.4) is 0 Å². The minimum absolute atomic E-state index is 0.342. The standard InChI is InChI=1S/C16H17N3O2/c1-2-4-13-11(3-1)9-14(20-13)15-17-16(21-18-15)10-19-7-5-12(16)6-8-19/h1-4,9,12H,5-8,10H2,(H,17,18)/t16-/m0/s1. The fourth-order valence-corrected chi connectivity index (χ4v) is 3.84. The Morgan fingerprint density at radius 2 is 2.10 bits per heavy atom. The van der Waals surface area contributed by atoms with Crippen molar-refractivity contribution in [3.63, 3.8) is 0 Å². The predicted octanol–water partition coefficient (Wildman–Crippen LogP) is 2.14. The smallest absolute Gasteiger partial charge is 0.224 e. The second-order valence-corrected chi connectivity index (χ2v) is 6.24. The zero-order chi connectivity index (χ0) is 13.9. The second kappa shape index (κ2) is 4.01. The Labute approximate surface area is 122 Å². The molecular weight excluding hydrogens is 266 g/mol. The summed E-state index contributed by atoms with van der Waals surface area (Å²) in [5, 5.41) is 8.88. The third kappa shape index (κ3) is 1.64. The van der Waals surface area contributed by atoms with Gasteiger partial charge in [-0.25, -0.2) is 0 Å². The van der Waals surface area contributed by atoms with E-state index in [1.165, 1.54) is 25.9 Å². The second-order valence-electron chi connectivity index (χ2n) is 6.24. The van der Waals surface area contributed by atoms with Gasteiger partial charge in [-0.15, -0.1) is 0 Å². The molecule has 3 saturated heterocycles. The Bertz CT molecular complexity index is 697. The number of amidine groups is 1. The molecule has 1 aromatic heterocycles. The fraction of sp³-hybridized carbons (Fsp3) is 0.438. The Balaban J connectivity index is 1.47. The first-order valence-corrected chi connectivity index (χ1v) is 7.58. The molecule has 3 fully saturated rings. The zero-order valence-corrected chi connectivity index (χ0v) is 11.7. The Hall–Kier alpha value is -2.01. The van der Waals surface area contributed by atoms with Crippen LogP contribution in [-0.4, -0.2) is 36.1 Å². The summed E-state index contributed by atoms with van der Waals surface area (Å²) in [5.74, 6) is 2.01. The summed E-state index contributed by atoms with van der Waals surface area (Å²) in [6.07, 6.45) is 2.35. The number of benzene rings is 1. The number of rotatable bonds is 1. The van der Waals surface area contributed by atoms with Crippen molar-refractivity contribution in [1.29, 1.82) is 0 Å². The molecule has 1 spiro atoms. The van der Waals surface area contributed by atoms with E-state index in [2.05, 4.69) is 15.4 Å². The highest BCUT2D eigenvalue weighted by molar-refractivity contribution is 6.00. The molecule has 1 atom stereocenters. The molecule has 5 heteroatoms. The van der Waals surface area contributed by atoms with Crippen molar-refractivity contribution in [3.8, 4) is 0 Å². The summed E-state index contributed by atoms with van der Waals surface area (Å²) in [4.78, 5) is 8.30. The van der Waals surface area contributed by atoms with Crippen LogP contribution in [0.25, 0.3) is 11.0 Å². The van der Waals surface area contributed by atoms with Crippen molar-refractivity contribution in [2.75, 3.05) is 19.6 Å².